The molecule has 0 saturated heterocycles. The lowest BCUT2D eigenvalue weighted by Crippen LogP contribution is -2.39. The SMILES string of the molecule is COCCOCC(CCc1ccnn1C)NN. The molecule has 6 nitrogen and oxygen atoms in total. The first-order valence-corrected chi connectivity index (χ1v) is 5.77. The van der Waals surface area contributed by atoms with E-state index in [2.05, 4.69) is 10.5 Å². The van der Waals surface area contributed by atoms with Crippen molar-refractivity contribution >= 4 is 0 Å². The van der Waals surface area contributed by atoms with Gasteiger partial charge < -0.3 is 9.47 Å². The zero-order chi connectivity index (χ0) is 12.5. The second-order valence-electron chi connectivity index (χ2n) is 3.92. The summed E-state index contributed by atoms with van der Waals surface area (Å²) < 4.78 is 12.2. The number of hydrogen-bond donors (Lipinski definition) is 2. The number of aryl methyl sites for hydroxylation is 2. The molecule has 0 saturated carbocycles. The van der Waals surface area contributed by atoms with Gasteiger partial charge >= 0.3 is 0 Å². The van der Waals surface area contributed by atoms with E-state index in [0.717, 1.165) is 12.8 Å². The van der Waals surface area contributed by atoms with Gasteiger partial charge in [0.2, 0.25) is 0 Å². The Morgan fingerprint density at radius 1 is 1.53 bits per heavy atom. The van der Waals surface area contributed by atoms with Crippen LogP contribution in [0, 0.1) is 0 Å². The highest BCUT2D eigenvalue weighted by Gasteiger charge is 2.08. The fourth-order valence-electron chi connectivity index (χ4n) is 1.55. The minimum absolute atomic E-state index is 0.154. The Bertz CT molecular complexity index is 303. The Hall–Kier alpha value is -0.950. The number of hydrogen-bond acceptors (Lipinski definition) is 5. The molecule has 0 aliphatic carbocycles. The normalized spacial score (nSPS) is 12.9. The van der Waals surface area contributed by atoms with Crippen LogP contribution in [0.25, 0.3) is 0 Å². The molecule has 0 radical (unpaired) electrons. The summed E-state index contributed by atoms with van der Waals surface area (Å²) in [5, 5.41) is 4.12. The lowest BCUT2D eigenvalue weighted by molar-refractivity contribution is 0.0575. The Morgan fingerprint density at radius 3 is 2.94 bits per heavy atom. The van der Waals surface area contributed by atoms with E-state index < -0.39 is 0 Å². The third-order valence-electron chi connectivity index (χ3n) is 2.66. The molecule has 0 spiro atoms. The van der Waals surface area contributed by atoms with E-state index in [1.807, 2.05) is 17.8 Å². The van der Waals surface area contributed by atoms with E-state index >= 15 is 0 Å². The van der Waals surface area contributed by atoms with Crippen molar-refractivity contribution < 1.29 is 9.47 Å². The summed E-state index contributed by atoms with van der Waals surface area (Å²) in [4.78, 5) is 0. The standard InChI is InChI=1S/C11H22N4O2/c1-15-11(5-6-13-15)4-3-10(14-12)9-17-8-7-16-2/h5-6,10,14H,3-4,7-9,12H2,1-2H3. The summed E-state index contributed by atoms with van der Waals surface area (Å²) in [5.74, 6) is 5.48. The Labute approximate surface area is 102 Å². The topological polar surface area (TPSA) is 74.3 Å². The third kappa shape index (κ3) is 5.27. The van der Waals surface area contributed by atoms with Gasteiger partial charge in [-0.1, -0.05) is 0 Å². The molecule has 1 atom stereocenters. The number of rotatable bonds is 9. The van der Waals surface area contributed by atoms with Crippen LogP contribution < -0.4 is 11.3 Å². The van der Waals surface area contributed by atoms with Crippen LogP contribution in [0.2, 0.25) is 0 Å². The highest BCUT2D eigenvalue weighted by molar-refractivity contribution is 5.00. The van der Waals surface area contributed by atoms with E-state index in [-0.39, 0.29) is 6.04 Å². The lowest BCUT2D eigenvalue weighted by atomic mass is 10.1. The van der Waals surface area contributed by atoms with Crippen molar-refractivity contribution in [1.29, 1.82) is 0 Å². The maximum absolute atomic E-state index is 5.48. The molecule has 0 aliphatic rings. The minimum Gasteiger partial charge on any atom is -0.382 e. The van der Waals surface area contributed by atoms with Crippen LogP contribution in [0.1, 0.15) is 12.1 Å². The Kier molecular flexibility index (Phi) is 6.80. The quantitative estimate of drug-likeness (QED) is 0.358. The number of nitrogens with two attached hydrogens (primary N) is 1. The van der Waals surface area contributed by atoms with Crippen molar-refractivity contribution in [3.05, 3.63) is 18.0 Å². The van der Waals surface area contributed by atoms with Gasteiger partial charge in [-0.25, -0.2) is 0 Å². The summed E-state index contributed by atoms with van der Waals surface area (Å²) in [5.41, 5.74) is 3.96. The number of aromatic nitrogens is 2. The molecule has 1 heterocycles. The molecule has 17 heavy (non-hydrogen) atoms. The fourth-order valence-corrected chi connectivity index (χ4v) is 1.55. The van der Waals surface area contributed by atoms with Gasteiger partial charge in [0, 0.05) is 32.1 Å². The van der Waals surface area contributed by atoms with Crippen LogP contribution in [0.15, 0.2) is 12.3 Å². The molecule has 98 valence electrons. The number of hydrazine groups is 1. The van der Waals surface area contributed by atoms with Crippen LogP contribution in [0.3, 0.4) is 0 Å². The molecule has 0 aromatic carbocycles. The fraction of sp³-hybridized carbons (Fsp3) is 0.727. The molecule has 6 heteroatoms. The van der Waals surface area contributed by atoms with Gasteiger partial charge in [0.05, 0.1) is 19.8 Å². The van der Waals surface area contributed by atoms with Crippen molar-refractivity contribution in [2.24, 2.45) is 12.9 Å². The number of nitrogens with zero attached hydrogens (tertiary/aromatic N) is 2. The zero-order valence-electron chi connectivity index (χ0n) is 10.6. The second-order valence-corrected chi connectivity index (χ2v) is 3.92. The highest BCUT2D eigenvalue weighted by atomic mass is 16.5. The number of ether oxygens (including phenoxy) is 2. The zero-order valence-corrected chi connectivity index (χ0v) is 10.6. The molecule has 3 N–H and O–H groups in total. The average Bonchev–Trinajstić information content (AvgIpc) is 2.74. The first-order chi connectivity index (χ1) is 8.27. The van der Waals surface area contributed by atoms with Crippen molar-refractivity contribution in [2.75, 3.05) is 26.9 Å². The minimum atomic E-state index is 0.154. The predicted octanol–water partition coefficient (Wildman–Crippen LogP) is -0.152. The summed E-state index contributed by atoms with van der Waals surface area (Å²) in [7, 11) is 3.60. The van der Waals surface area contributed by atoms with Crippen molar-refractivity contribution in [3.8, 4) is 0 Å². The number of methoxy groups -OCH3 is 1. The molecule has 0 amide bonds. The van der Waals surface area contributed by atoms with Crippen LogP contribution in [-0.2, 0) is 22.9 Å². The van der Waals surface area contributed by atoms with Crippen LogP contribution in [-0.4, -0.2) is 42.8 Å². The molecule has 0 fully saturated rings. The Morgan fingerprint density at radius 2 is 2.35 bits per heavy atom. The average molecular weight is 242 g/mol. The summed E-state index contributed by atoms with van der Waals surface area (Å²) in [6.07, 6.45) is 3.65. The smallest absolute Gasteiger partial charge is 0.0701 e. The van der Waals surface area contributed by atoms with E-state index in [9.17, 15) is 0 Å². The third-order valence-corrected chi connectivity index (χ3v) is 2.66. The first-order valence-electron chi connectivity index (χ1n) is 5.77. The molecule has 0 bridgehead atoms. The first kappa shape index (κ1) is 14.1. The maximum atomic E-state index is 5.48. The summed E-state index contributed by atoms with van der Waals surface area (Å²) in [6.45, 7) is 1.80. The molecule has 1 aromatic rings. The van der Waals surface area contributed by atoms with Gasteiger partial charge in [0.15, 0.2) is 0 Å². The van der Waals surface area contributed by atoms with E-state index in [0.29, 0.717) is 19.8 Å². The van der Waals surface area contributed by atoms with Gasteiger partial charge in [0.25, 0.3) is 0 Å². The largest absolute Gasteiger partial charge is 0.382 e. The number of nitrogens with one attached hydrogen (secondary N) is 1. The van der Waals surface area contributed by atoms with Gasteiger partial charge in [-0.3, -0.25) is 16.0 Å². The summed E-state index contributed by atoms with van der Waals surface area (Å²) in [6, 6.07) is 2.17. The Balaban J connectivity index is 2.20. The molecule has 1 rings (SSSR count). The van der Waals surface area contributed by atoms with Crippen LogP contribution in [0.5, 0.6) is 0 Å². The van der Waals surface area contributed by atoms with Gasteiger partial charge in [0.1, 0.15) is 0 Å². The molecular weight excluding hydrogens is 220 g/mol. The van der Waals surface area contributed by atoms with Gasteiger partial charge in [-0.2, -0.15) is 5.10 Å². The van der Waals surface area contributed by atoms with E-state index in [1.54, 1.807) is 13.3 Å². The van der Waals surface area contributed by atoms with Crippen LogP contribution in [0.4, 0.5) is 0 Å². The molecule has 1 aromatic heterocycles. The predicted molar refractivity (Wildman–Crippen MR) is 65.3 cm³/mol. The van der Waals surface area contributed by atoms with Crippen molar-refractivity contribution in [3.63, 3.8) is 0 Å². The summed E-state index contributed by atoms with van der Waals surface area (Å²) >= 11 is 0. The molecular formula is C11H22N4O2. The van der Waals surface area contributed by atoms with E-state index in [4.69, 9.17) is 15.3 Å². The van der Waals surface area contributed by atoms with Crippen molar-refractivity contribution in [1.82, 2.24) is 15.2 Å². The highest BCUT2D eigenvalue weighted by Crippen LogP contribution is 2.03. The van der Waals surface area contributed by atoms with Gasteiger partial charge in [-0.15, -0.1) is 0 Å². The second kappa shape index (κ2) is 8.19. The van der Waals surface area contributed by atoms with Crippen molar-refractivity contribution in [2.45, 2.75) is 18.9 Å². The molecule has 1 unspecified atom stereocenters. The molecule has 0 aliphatic heterocycles. The lowest BCUT2D eigenvalue weighted by Gasteiger charge is -2.15. The van der Waals surface area contributed by atoms with Crippen LogP contribution >= 0.6 is 0 Å². The maximum Gasteiger partial charge on any atom is 0.0701 e. The van der Waals surface area contributed by atoms with Gasteiger partial charge in [-0.05, 0) is 18.9 Å². The van der Waals surface area contributed by atoms with E-state index in [1.165, 1.54) is 5.69 Å². The monoisotopic (exact) mass is 242 g/mol.